The summed E-state index contributed by atoms with van der Waals surface area (Å²) in [7, 11) is 0. The highest BCUT2D eigenvalue weighted by Gasteiger charge is 2.46. The summed E-state index contributed by atoms with van der Waals surface area (Å²) in [6.07, 6.45) is 4.66. The Morgan fingerprint density at radius 1 is 1.47 bits per heavy atom. The Hall–Kier alpha value is -1.62. The molecule has 2 atom stereocenters. The molecular weight excluding hydrogens is 214 g/mol. The average molecular weight is 231 g/mol. The average Bonchev–Trinajstić information content (AvgIpc) is 2.76. The highest BCUT2D eigenvalue weighted by Crippen LogP contribution is 2.40. The lowest BCUT2D eigenvalue weighted by molar-refractivity contribution is 0.117. The summed E-state index contributed by atoms with van der Waals surface area (Å²) in [5.74, 6) is 0.892. The van der Waals surface area contributed by atoms with E-state index < -0.39 is 0 Å². The molecule has 3 N–H and O–H groups in total. The fraction of sp³-hybridized carbons (Fsp3) is 0.500. The van der Waals surface area contributed by atoms with E-state index in [0.29, 0.717) is 6.04 Å². The summed E-state index contributed by atoms with van der Waals surface area (Å²) in [6.45, 7) is 4.38. The van der Waals surface area contributed by atoms with Crippen LogP contribution in [0.15, 0.2) is 24.5 Å². The maximum Gasteiger partial charge on any atom is 0.157 e. The van der Waals surface area contributed by atoms with Crippen LogP contribution in [-0.2, 0) is 0 Å². The molecule has 0 radical (unpaired) electrons. The maximum absolute atomic E-state index is 6.00. The van der Waals surface area contributed by atoms with Gasteiger partial charge in [0, 0.05) is 29.8 Å². The molecule has 0 bridgehead atoms. The number of nitrogens with one attached hydrogen (secondary N) is 1. The van der Waals surface area contributed by atoms with E-state index in [1.165, 1.54) is 0 Å². The van der Waals surface area contributed by atoms with Gasteiger partial charge in [-0.3, -0.25) is 0 Å². The van der Waals surface area contributed by atoms with Crippen LogP contribution in [-0.4, -0.2) is 26.7 Å². The lowest BCUT2D eigenvalue weighted by Crippen LogP contribution is -2.61. The number of nitrogens with zero attached hydrogens (tertiary/aromatic N) is 3. The van der Waals surface area contributed by atoms with Crippen molar-refractivity contribution in [1.82, 2.24) is 14.6 Å². The second-order valence-electron chi connectivity index (χ2n) is 5.31. The Balaban J connectivity index is 1.81. The zero-order chi connectivity index (χ0) is 12.0. The number of hydrogen-bond acceptors (Lipinski definition) is 4. The molecule has 1 fully saturated rings. The van der Waals surface area contributed by atoms with E-state index >= 15 is 0 Å². The second kappa shape index (κ2) is 3.43. The molecule has 0 aliphatic heterocycles. The van der Waals surface area contributed by atoms with Crippen LogP contribution in [0.5, 0.6) is 0 Å². The second-order valence-corrected chi connectivity index (χ2v) is 5.31. The largest absolute Gasteiger partial charge is 0.367 e. The van der Waals surface area contributed by atoms with Crippen LogP contribution in [0, 0.1) is 5.41 Å². The lowest BCUT2D eigenvalue weighted by Gasteiger charge is -2.50. The van der Waals surface area contributed by atoms with Crippen molar-refractivity contribution in [3.8, 4) is 0 Å². The molecule has 0 saturated heterocycles. The first-order chi connectivity index (χ1) is 8.07. The highest BCUT2D eigenvalue weighted by atomic mass is 15.2. The third-order valence-corrected chi connectivity index (χ3v) is 3.92. The molecule has 2 unspecified atom stereocenters. The van der Waals surface area contributed by atoms with Crippen LogP contribution in [0.4, 0.5) is 5.82 Å². The molecule has 90 valence electrons. The molecule has 2 aromatic rings. The van der Waals surface area contributed by atoms with Crippen molar-refractivity contribution < 1.29 is 0 Å². The summed E-state index contributed by atoms with van der Waals surface area (Å²) in [4.78, 5) is 4.50. The summed E-state index contributed by atoms with van der Waals surface area (Å²) < 4.78 is 1.75. The van der Waals surface area contributed by atoms with E-state index in [1.807, 2.05) is 18.3 Å². The molecule has 2 heterocycles. The third-order valence-electron chi connectivity index (χ3n) is 3.92. The first-order valence-electron chi connectivity index (χ1n) is 5.90. The lowest BCUT2D eigenvalue weighted by atomic mass is 9.63. The van der Waals surface area contributed by atoms with Gasteiger partial charge in [-0.15, -0.1) is 0 Å². The number of nitrogens with two attached hydrogens (primary N) is 1. The monoisotopic (exact) mass is 231 g/mol. The van der Waals surface area contributed by atoms with Crippen molar-refractivity contribution in [3.05, 3.63) is 24.5 Å². The number of fused-ring (bicyclic) bond motifs is 1. The third kappa shape index (κ3) is 1.58. The van der Waals surface area contributed by atoms with Crippen LogP contribution < -0.4 is 11.1 Å². The van der Waals surface area contributed by atoms with Crippen molar-refractivity contribution in [2.24, 2.45) is 11.1 Å². The van der Waals surface area contributed by atoms with Crippen LogP contribution in [0.2, 0.25) is 0 Å². The number of anilines is 1. The Morgan fingerprint density at radius 2 is 2.29 bits per heavy atom. The molecule has 17 heavy (non-hydrogen) atoms. The smallest absolute Gasteiger partial charge is 0.157 e. The van der Waals surface area contributed by atoms with Gasteiger partial charge in [-0.2, -0.15) is 5.10 Å². The molecule has 5 heteroatoms. The first-order valence-corrected chi connectivity index (χ1v) is 5.90. The van der Waals surface area contributed by atoms with E-state index in [-0.39, 0.29) is 11.5 Å². The van der Waals surface area contributed by atoms with Gasteiger partial charge in [0.05, 0.1) is 6.20 Å². The number of rotatable bonds is 2. The number of aromatic nitrogens is 3. The van der Waals surface area contributed by atoms with E-state index in [1.54, 1.807) is 10.7 Å². The zero-order valence-corrected chi connectivity index (χ0v) is 10.1. The zero-order valence-electron chi connectivity index (χ0n) is 10.1. The topological polar surface area (TPSA) is 68.2 Å². The minimum atomic E-state index is 0.133. The fourth-order valence-corrected chi connectivity index (χ4v) is 2.28. The van der Waals surface area contributed by atoms with Crippen LogP contribution in [0.25, 0.3) is 5.65 Å². The summed E-state index contributed by atoms with van der Waals surface area (Å²) in [5.41, 5.74) is 6.99. The minimum Gasteiger partial charge on any atom is -0.367 e. The van der Waals surface area contributed by atoms with Gasteiger partial charge in [0.2, 0.25) is 0 Å². The van der Waals surface area contributed by atoms with E-state index in [2.05, 4.69) is 29.2 Å². The van der Waals surface area contributed by atoms with Gasteiger partial charge in [-0.1, -0.05) is 13.8 Å². The molecule has 2 aromatic heterocycles. The van der Waals surface area contributed by atoms with Gasteiger partial charge in [-0.05, 0) is 12.5 Å². The first kappa shape index (κ1) is 10.5. The summed E-state index contributed by atoms with van der Waals surface area (Å²) in [6, 6.07) is 4.51. The Bertz CT molecular complexity index is 545. The quantitative estimate of drug-likeness (QED) is 0.816. The molecular formula is C12H17N5. The van der Waals surface area contributed by atoms with Crippen molar-refractivity contribution in [3.63, 3.8) is 0 Å². The van der Waals surface area contributed by atoms with Gasteiger partial charge in [0.1, 0.15) is 5.82 Å². The Kier molecular flexibility index (Phi) is 2.13. The number of hydrogen-bond donors (Lipinski definition) is 2. The molecule has 0 amide bonds. The predicted molar refractivity (Wildman–Crippen MR) is 66.8 cm³/mol. The van der Waals surface area contributed by atoms with E-state index in [9.17, 15) is 0 Å². The van der Waals surface area contributed by atoms with Gasteiger partial charge >= 0.3 is 0 Å². The normalized spacial score (nSPS) is 26.8. The van der Waals surface area contributed by atoms with Gasteiger partial charge in [-0.25, -0.2) is 9.50 Å². The van der Waals surface area contributed by atoms with Gasteiger partial charge in [0.25, 0.3) is 0 Å². The van der Waals surface area contributed by atoms with Crippen LogP contribution in [0.3, 0.4) is 0 Å². The van der Waals surface area contributed by atoms with Gasteiger partial charge in [0.15, 0.2) is 5.65 Å². The van der Waals surface area contributed by atoms with Crippen molar-refractivity contribution in [2.45, 2.75) is 32.4 Å². The molecule has 1 aliphatic carbocycles. The fourth-order valence-electron chi connectivity index (χ4n) is 2.28. The Labute approximate surface area is 100 Å². The molecule has 0 spiro atoms. The Morgan fingerprint density at radius 3 is 3.00 bits per heavy atom. The van der Waals surface area contributed by atoms with Crippen molar-refractivity contribution >= 4 is 11.5 Å². The van der Waals surface area contributed by atoms with Crippen molar-refractivity contribution in [1.29, 1.82) is 0 Å². The van der Waals surface area contributed by atoms with E-state index in [4.69, 9.17) is 5.73 Å². The molecule has 5 nitrogen and oxygen atoms in total. The SMILES string of the molecule is CC1(C)C(N)CC1Nc1ccn2nccc2n1. The molecule has 1 aliphatic rings. The molecule has 3 rings (SSSR count). The maximum atomic E-state index is 6.00. The predicted octanol–water partition coefficient (Wildman–Crippen LogP) is 1.27. The van der Waals surface area contributed by atoms with Crippen LogP contribution >= 0.6 is 0 Å². The highest BCUT2D eigenvalue weighted by molar-refractivity contribution is 5.46. The molecule has 0 aromatic carbocycles. The van der Waals surface area contributed by atoms with Crippen molar-refractivity contribution in [2.75, 3.05) is 5.32 Å². The molecule has 1 saturated carbocycles. The minimum absolute atomic E-state index is 0.133. The van der Waals surface area contributed by atoms with Gasteiger partial charge < -0.3 is 11.1 Å². The summed E-state index contributed by atoms with van der Waals surface area (Å²) in [5, 5.41) is 7.57. The standard InChI is InChI=1S/C12H17N5/c1-12(2)8(13)7-9(12)15-10-4-6-17-11(16-10)3-5-14-17/h3-6,8-9H,7,13H2,1-2H3,(H,15,16). The summed E-state index contributed by atoms with van der Waals surface area (Å²) >= 11 is 0. The van der Waals surface area contributed by atoms with Crippen LogP contribution in [0.1, 0.15) is 20.3 Å². The van der Waals surface area contributed by atoms with E-state index in [0.717, 1.165) is 17.9 Å².